The van der Waals surface area contributed by atoms with Crippen molar-refractivity contribution in [2.75, 3.05) is 56.5 Å². The van der Waals surface area contributed by atoms with E-state index in [0.29, 0.717) is 4.57 Å². The number of nitrogens with zero attached hydrogens (tertiary/aromatic N) is 13. The zero-order chi connectivity index (χ0) is 71.5. The van der Waals surface area contributed by atoms with Crippen LogP contribution >= 0.6 is 38.0 Å². The highest BCUT2D eigenvalue weighted by atomic mass is 32.5. The maximum atomic E-state index is 15.6. The topological polar surface area (TPSA) is 700 Å². The maximum Gasteiger partial charge on any atom is 0.490 e. The number of aromatic amines is 3. The van der Waals surface area contributed by atoms with E-state index in [1.807, 2.05) is 0 Å². The number of H-pyrrole nitrogens is 3. The van der Waals surface area contributed by atoms with Crippen LogP contribution < -0.4 is 44.2 Å². The van der Waals surface area contributed by atoms with Crippen LogP contribution in [0.3, 0.4) is 0 Å². The van der Waals surface area contributed by atoms with Crippen LogP contribution in [0.1, 0.15) is 24.9 Å². The van der Waals surface area contributed by atoms with Crippen molar-refractivity contribution in [2.45, 2.75) is 98.0 Å². The van der Waals surface area contributed by atoms with Gasteiger partial charge in [-0.3, -0.25) is 70.2 Å². The molecular formula is C42H54F2N20O29P5S+. The first-order valence-corrected chi connectivity index (χ1v) is 36.3. The van der Waals surface area contributed by atoms with Gasteiger partial charge in [0, 0.05) is 7.11 Å². The van der Waals surface area contributed by atoms with Crippen LogP contribution in [-0.4, -0.2) is 225 Å². The van der Waals surface area contributed by atoms with Gasteiger partial charge >= 0.3 is 49.6 Å². The van der Waals surface area contributed by atoms with Crippen molar-refractivity contribution < 1.29 is 136 Å². The monoisotopic (exact) mass is 1530 g/mol. The van der Waals surface area contributed by atoms with Crippen LogP contribution in [0.5, 0.6) is 0 Å². The standard InChI is InChI=1S/C42H53F2N20O29P5S/c1-60-11-64(31-19(60)34(71)59-41(48)56-31)38-42(43,44)26(68)15(89-38)6-84-96(76,77)93-97(78,79)92-95(74,75)83-4-14-24(25(81-2)37(88-14)61-8-51-16-27(45)49-7-50-28(16)61)91-98(80,99)85-5-13-23(22(67)36(87-13)63-10-53-18-30(63)55-40(47)58-33(18)70)90-94(72,73)82-3-12-20(65)21(66)35(86-12)62-9-52-17-29(62)54-39(46)57-32(17)69/h7-15,20-26,35-38,65-68H,3-6H2,1-2H3,(H15-,45,46,47,48,49,50,54,55,56,57,58,59,69,70,71,72,73,74,75,76,77,78,79,80,99)/p+1. The molecule has 4 saturated heterocycles. The van der Waals surface area contributed by atoms with E-state index >= 15 is 8.78 Å². The van der Waals surface area contributed by atoms with Gasteiger partial charge in [-0.25, -0.2) is 43.2 Å². The summed E-state index contributed by atoms with van der Waals surface area (Å²) in [5.41, 5.74) is 18.7. The first-order chi connectivity index (χ1) is 46.4. The molecule has 49 nitrogen and oxygen atoms in total. The summed E-state index contributed by atoms with van der Waals surface area (Å²) in [7, 11) is -21.9. The number of aliphatic hydroxyl groups is 4. The van der Waals surface area contributed by atoms with E-state index in [1.54, 1.807) is 0 Å². The maximum absolute atomic E-state index is 15.6. The molecule has 20 N–H and O–H groups in total. The zero-order valence-electron chi connectivity index (χ0n) is 49.6. The molecule has 0 bridgehead atoms. The van der Waals surface area contributed by atoms with Crippen molar-refractivity contribution in [3.63, 3.8) is 0 Å². The van der Waals surface area contributed by atoms with E-state index in [-0.39, 0.29) is 50.8 Å². The number of hydrogen-bond acceptors (Lipinski definition) is 37. The summed E-state index contributed by atoms with van der Waals surface area (Å²) in [6, 6.07) is 0. The van der Waals surface area contributed by atoms with Gasteiger partial charge in [-0.15, -0.1) is 0 Å². The fourth-order valence-corrected chi connectivity index (χ4v) is 16.9. The van der Waals surface area contributed by atoms with Crippen LogP contribution in [0.2, 0.25) is 0 Å². The molecule has 20 atom stereocenters. The molecule has 20 unspecified atom stereocenters. The van der Waals surface area contributed by atoms with Crippen LogP contribution in [-0.2, 0) is 96.6 Å². The molecule has 4 fully saturated rings. The van der Waals surface area contributed by atoms with Gasteiger partial charge in [-0.05, 0) is 11.8 Å². The van der Waals surface area contributed by atoms with Gasteiger partial charge in [0.05, 0.1) is 52.5 Å². The second-order valence-corrected chi connectivity index (χ2v) is 30.6. The smallest absolute Gasteiger partial charge is 0.387 e. The molecule has 0 amide bonds. The lowest BCUT2D eigenvalue weighted by molar-refractivity contribution is -0.756. The SMILES string of the molecule is COC1C(OP(O)(=S)OCC2OC(n3cnc4c(=O)[nH]c(N)nc43)C(O)C2OP(=O)(O)OCC2OC(n3cnc4c(=O)[nH]c(N)nc43)C(O)C2O)C(COP(=O)(O)OP(=O)(O)OP(=O)(O)OCC2OC([n+]3cn(C)c4c(=O)[nH]c(N)nc43)C(F)(F)C2O)OC1n1cnc2c(N)ncnc21. The minimum absolute atomic E-state index is 0.0150. The number of aryl methyl sites for hydroxylation is 1. The molecule has 99 heavy (non-hydrogen) atoms. The lowest BCUT2D eigenvalue weighted by Crippen LogP contribution is -2.50. The second kappa shape index (κ2) is 26.6. The Hall–Kier alpha value is -6.65. The van der Waals surface area contributed by atoms with Crippen LogP contribution in [0.15, 0.2) is 46.0 Å². The normalized spacial score (nSPS) is 30.3. The summed E-state index contributed by atoms with van der Waals surface area (Å²) >= 11 is 5.39. The van der Waals surface area contributed by atoms with E-state index in [9.17, 15) is 77.5 Å². The number of hydrogen-bond donors (Lipinski definition) is 16. The number of imidazole rings is 4. The molecule has 8 aromatic heterocycles. The van der Waals surface area contributed by atoms with E-state index < -0.39 is 197 Å². The van der Waals surface area contributed by atoms with Crippen molar-refractivity contribution in [3.05, 3.63) is 62.7 Å². The molecule has 4 aliphatic rings. The Balaban J connectivity index is 0.742. The van der Waals surface area contributed by atoms with Gasteiger partial charge < -0.3 is 96.0 Å². The number of ether oxygens (including phenoxy) is 5. The molecule has 12 rings (SSSR count). The summed E-state index contributed by atoms with van der Waals surface area (Å²) in [5, 5.41) is 44.4. The minimum Gasteiger partial charge on any atom is -0.387 e. The molecule has 4 aliphatic heterocycles. The van der Waals surface area contributed by atoms with E-state index in [4.69, 9.17) is 81.0 Å². The van der Waals surface area contributed by atoms with Crippen molar-refractivity contribution in [1.82, 2.24) is 73.1 Å². The number of aromatic nitrogens is 16. The van der Waals surface area contributed by atoms with Crippen molar-refractivity contribution in [1.29, 1.82) is 0 Å². The number of nitrogen functional groups attached to an aromatic ring is 4. The Morgan fingerprint density at radius 3 is 1.69 bits per heavy atom. The molecular weight excluding hydrogens is 1470 g/mol. The van der Waals surface area contributed by atoms with Crippen LogP contribution in [0, 0.1) is 0 Å². The summed E-state index contributed by atoms with van der Waals surface area (Å²) < 4.78 is 158. The fraction of sp³-hybridized carbons (Fsp3) is 0.524. The largest absolute Gasteiger partial charge is 0.490 e. The summed E-state index contributed by atoms with van der Waals surface area (Å²) in [4.78, 5) is 131. The molecule has 540 valence electrons. The predicted molar refractivity (Wildman–Crippen MR) is 318 cm³/mol. The molecule has 57 heteroatoms. The minimum atomic E-state index is -6.40. The molecule has 12 heterocycles. The molecule has 0 aromatic carbocycles. The number of halogens is 2. The molecule has 0 radical (unpaired) electrons. The Morgan fingerprint density at radius 2 is 1.08 bits per heavy atom. The molecule has 8 aromatic rings. The quantitative estimate of drug-likeness (QED) is 0.0188. The average Bonchev–Trinajstić information content (AvgIpc) is 1.60. The lowest BCUT2D eigenvalue weighted by atomic mass is 10.1. The first-order valence-electron chi connectivity index (χ1n) is 27.8. The van der Waals surface area contributed by atoms with Gasteiger partial charge in [0.1, 0.15) is 72.9 Å². The van der Waals surface area contributed by atoms with Crippen molar-refractivity contribution >= 4 is 118 Å². The Labute approximate surface area is 549 Å². The number of fused-ring (bicyclic) bond motifs is 4. The highest BCUT2D eigenvalue weighted by molar-refractivity contribution is 8.07. The number of rotatable bonds is 25. The van der Waals surface area contributed by atoms with Gasteiger partial charge in [-0.2, -0.15) is 31.9 Å². The van der Waals surface area contributed by atoms with E-state index in [1.165, 1.54) is 11.6 Å². The van der Waals surface area contributed by atoms with Crippen LogP contribution in [0.4, 0.5) is 32.4 Å². The zero-order valence-corrected chi connectivity index (χ0v) is 54.9. The number of phosphoric ester groups is 3. The highest BCUT2D eigenvalue weighted by Crippen LogP contribution is 2.68. The number of alkyl halides is 2. The Kier molecular flexibility index (Phi) is 19.4. The van der Waals surface area contributed by atoms with Crippen LogP contribution in [0.25, 0.3) is 44.7 Å². The third kappa shape index (κ3) is 14.2. The average molecular weight is 1530 g/mol. The Morgan fingerprint density at radius 1 is 0.586 bits per heavy atom. The number of phosphoric acid groups is 4. The third-order valence-electron chi connectivity index (χ3n) is 15.3. The summed E-state index contributed by atoms with van der Waals surface area (Å²) in [5.74, 6) is -5.72. The Bertz CT molecular complexity index is 4890. The number of methoxy groups -OCH3 is 1. The fourth-order valence-electron chi connectivity index (χ4n) is 11.0. The van der Waals surface area contributed by atoms with Gasteiger partial charge in [0.2, 0.25) is 17.4 Å². The predicted octanol–water partition coefficient (Wildman–Crippen LogP) is -4.84. The van der Waals surface area contributed by atoms with Crippen molar-refractivity contribution in [3.8, 4) is 0 Å². The number of anilines is 4. The number of nitrogens with one attached hydrogen (secondary N) is 3. The lowest BCUT2D eigenvalue weighted by Gasteiger charge is -2.28. The number of nitrogens with two attached hydrogens (primary N) is 4. The van der Waals surface area contributed by atoms with Crippen molar-refractivity contribution in [2.24, 2.45) is 7.05 Å². The van der Waals surface area contributed by atoms with Gasteiger partial charge in [-0.1, -0.05) is 4.98 Å². The molecule has 0 spiro atoms. The summed E-state index contributed by atoms with van der Waals surface area (Å²) in [6.45, 7) is -10.0. The first kappa shape index (κ1) is 72.1. The highest BCUT2D eigenvalue weighted by Gasteiger charge is 2.63. The second-order valence-electron chi connectivity index (χ2n) is 21.7. The third-order valence-corrected chi connectivity index (χ3v) is 22.1. The van der Waals surface area contributed by atoms with E-state index in [0.717, 1.165) is 52.4 Å². The molecule has 0 saturated carbocycles. The van der Waals surface area contributed by atoms with Gasteiger partial charge in [0.25, 0.3) is 28.9 Å². The van der Waals surface area contributed by atoms with E-state index in [2.05, 4.69) is 68.0 Å². The molecule has 0 aliphatic carbocycles. The van der Waals surface area contributed by atoms with Gasteiger partial charge in [0.15, 0.2) is 64.9 Å². The number of aliphatic hydroxyl groups excluding tert-OH is 4. The summed E-state index contributed by atoms with van der Waals surface area (Å²) in [6.07, 6.45) is -24.5.